The lowest BCUT2D eigenvalue weighted by molar-refractivity contribution is 0.267. The molecule has 2 atom stereocenters. The van der Waals surface area contributed by atoms with Crippen molar-refractivity contribution < 1.29 is 4.74 Å². The molecule has 0 fully saturated rings. The zero-order valence-corrected chi connectivity index (χ0v) is 24.5. The molecule has 208 valence electrons. The van der Waals surface area contributed by atoms with Gasteiger partial charge < -0.3 is 9.30 Å². The van der Waals surface area contributed by atoms with Gasteiger partial charge in [0.25, 0.3) is 0 Å². The monoisotopic (exact) mass is 556 g/mol. The largest absolute Gasteiger partial charge is 0.485 e. The second-order valence-corrected chi connectivity index (χ2v) is 12.9. The van der Waals surface area contributed by atoms with Crippen molar-refractivity contribution in [3.05, 3.63) is 135 Å². The number of fused-ring (bicyclic) bond motifs is 9. The molecule has 9 rings (SSSR count). The van der Waals surface area contributed by atoms with Gasteiger partial charge in [0, 0.05) is 33.8 Å². The van der Waals surface area contributed by atoms with Crippen molar-refractivity contribution in [1.82, 2.24) is 4.57 Å². The second kappa shape index (κ2) is 8.85. The fourth-order valence-corrected chi connectivity index (χ4v) is 8.35. The Bertz CT molecular complexity index is 2010. The highest BCUT2D eigenvalue weighted by Gasteiger charge is 2.44. The van der Waals surface area contributed by atoms with Gasteiger partial charge in [0.05, 0.1) is 17.3 Å². The van der Waals surface area contributed by atoms with Crippen molar-refractivity contribution in [2.24, 2.45) is 0 Å². The summed E-state index contributed by atoms with van der Waals surface area (Å²) in [5.41, 5.74) is 15.9. The molecule has 3 aromatic carbocycles. The second-order valence-electron chi connectivity index (χ2n) is 12.9. The first-order valence-corrected chi connectivity index (χ1v) is 15.5. The Morgan fingerprint density at radius 3 is 2.42 bits per heavy atom. The molecule has 0 radical (unpaired) electrons. The molecule has 0 N–H and O–H groups in total. The van der Waals surface area contributed by atoms with Crippen LogP contribution in [0.1, 0.15) is 77.4 Å². The van der Waals surface area contributed by atoms with Gasteiger partial charge >= 0.3 is 0 Å². The van der Waals surface area contributed by atoms with Gasteiger partial charge in [-0.2, -0.15) is 5.26 Å². The Morgan fingerprint density at radius 2 is 1.65 bits per heavy atom. The van der Waals surface area contributed by atoms with Crippen molar-refractivity contribution in [2.75, 3.05) is 0 Å². The van der Waals surface area contributed by atoms with Gasteiger partial charge in [-0.15, -0.1) is 0 Å². The molecular weight excluding hydrogens is 524 g/mol. The maximum absolute atomic E-state index is 10.4. The molecule has 0 spiro atoms. The number of rotatable bonds is 2. The van der Waals surface area contributed by atoms with Crippen molar-refractivity contribution in [3.63, 3.8) is 0 Å². The molecular formula is C40H32N2O. The lowest BCUT2D eigenvalue weighted by Crippen LogP contribution is -2.23. The molecule has 0 amide bonds. The van der Waals surface area contributed by atoms with E-state index in [0.717, 1.165) is 48.2 Å². The molecule has 3 nitrogen and oxygen atoms in total. The molecule has 0 saturated carbocycles. The summed E-state index contributed by atoms with van der Waals surface area (Å²) in [4.78, 5) is 0. The summed E-state index contributed by atoms with van der Waals surface area (Å²) in [5.74, 6) is 1.07. The molecule has 2 unspecified atom stereocenters. The first-order valence-electron chi connectivity index (χ1n) is 15.5. The predicted octanol–water partition coefficient (Wildman–Crippen LogP) is 9.09. The first kappa shape index (κ1) is 24.8. The van der Waals surface area contributed by atoms with E-state index >= 15 is 0 Å². The normalized spacial score (nSPS) is 21.3. The van der Waals surface area contributed by atoms with Crippen LogP contribution in [0.15, 0.2) is 90.5 Å². The van der Waals surface area contributed by atoms with Crippen molar-refractivity contribution >= 4 is 17.7 Å². The topological polar surface area (TPSA) is 37.9 Å². The number of ether oxygens (including phenoxy) is 1. The standard InChI is InChI=1S/C40H32N2O/c1-40(2)32-14-6-3-11-26(32)29-21-31-30-20-24(18-19-37(30)43-38(31)22-33(29)40)39-25(23-41)10-9-17-36(39)42-34-15-7-4-12-27(34)28-13-5-8-16-35(28)42/h3,6-11,14-22,31,38H,4-5,12-13H2,1-2H3. The van der Waals surface area contributed by atoms with Crippen molar-refractivity contribution in [3.8, 4) is 28.6 Å². The van der Waals surface area contributed by atoms with E-state index in [1.807, 2.05) is 12.1 Å². The van der Waals surface area contributed by atoms with Crippen molar-refractivity contribution in [2.45, 2.75) is 57.0 Å². The summed E-state index contributed by atoms with van der Waals surface area (Å²) in [5, 5.41) is 10.4. The van der Waals surface area contributed by atoms with Crippen molar-refractivity contribution in [1.29, 1.82) is 5.26 Å². The maximum Gasteiger partial charge on any atom is 0.128 e. The van der Waals surface area contributed by atoms with E-state index in [0.29, 0.717) is 5.56 Å². The molecule has 2 heterocycles. The van der Waals surface area contributed by atoms with Gasteiger partial charge in [-0.05, 0) is 107 Å². The molecule has 1 aliphatic heterocycles. The maximum atomic E-state index is 10.4. The minimum atomic E-state index is -0.0464. The molecule has 3 heteroatoms. The van der Waals surface area contributed by atoms with Gasteiger partial charge in [0.15, 0.2) is 0 Å². The van der Waals surface area contributed by atoms with Crippen LogP contribution in [0.5, 0.6) is 5.75 Å². The lowest BCUT2D eigenvalue weighted by atomic mass is 9.77. The number of hydrogen-bond donors (Lipinski definition) is 0. The quantitative estimate of drug-likeness (QED) is 0.247. The fourth-order valence-electron chi connectivity index (χ4n) is 8.35. The number of hydrogen-bond acceptors (Lipinski definition) is 2. The van der Waals surface area contributed by atoms with Crippen LogP contribution in [-0.2, 0) is 18.3 Å². The summed E-state index contributed by atoms with van der Waals surface area (Å²) in [7, 11) is 0. The van der Waals surface area contributed by atoms with Crippen LogP contribution in [0.3, 0.4) is 0 Å². The summed E-state index contributed by atoms with van der Waals surface area (Å²) in [6.45, 7) is 4.64. The van der Waals surface area contributed by atoms with Gasteiger partial charge in [-0.1, -0.05) is 68.5 Å². The molecule has 5 aliphatic rings. The molecule has 43 heavy (non-hydrogen) atoms. The average Bonchev–Trinajstić information content (AvgIpc) is 3.65. The Morgan fingerprint density at radius 1 is 0.884 bits per heavy atom. The Hall–Kier alpha value is -4.81. The Balaban J connectivity index is 1.22. The van der Waals surface area contributed by atoms with E-state index in [-0.39, 0.29) is 17.4 Å². The highest BCUT2D eigenvalue weighted by molar-refractivity contribution is 5.92. The molecule has 0 bridgehead atoms. The summed E-state index contributed by atoms with van der Waals surface area (Å²) in [6, 6.07) is 24.1. The number of aromatic nitrogens is 1. The van der Waals surface area contributed by atoms with Gasteiger partial charge in [0.2, 0.25) is 0 Å². The van der Waals surface area contributed by atoms with E-state index in [1.54, 1.807) is 0 Å². The van der Waals surface area contributed by atoms with E-state index in [1.165, 1.54) is 50.4 Å². The predicted molar refractivity (Wildman–Crippen MR) is 173 cm³/mol. The minimum absolute atomic E-state index is 0.0259. The van der Waals surface area contributed by atoms with Crippen LogP contribution in [0.2, 0.25) is 0 Å². The van der Waals surface area contributed by atoms with Crippen LogP contribution in [0, 0.1) is 11.3 Å². The number of nitrogens with zero attached hydrogens (tertiary/aromatic N) is 2. The zero-order chi connectivity index (χ0) is 28.9. The fraction of sp³-hybridized carbons (Fsp3) is 0.225. The molecule has 0 saturated heterocycles. The third-order valence-electron chi connectivity index (χ3n) is 10.3. The number of allylic oxidation sites excluding steroid dienone is 4. The third-order valence-corrected chi connectivity index (χ3v) is 10.3. The lowest BCUT2D eigenvalue weighted by Gasteiger charge is -2.27. The van der Waals surface area contributed by atoms with Gasteiger partial charge in [-0.25, -0.2) is 0 Å². The summed E-state index contributed by atoms with van der Waals surface area (Å²) in [6.07, 6.45) is 18.2. The minimum Gasteiger partial charge on any atom is -0.485 e. The van der Waals surface area contributed by atoms with Crippen LogP contribution in [0.4, 0.5) is 0 Å². The molecule has 4 aliphatic carbocycles. The first-order chi connectivity index (χ1) is 21.0. The van der Waals surface area contributed by atoms with Gasteiger partial charge in [-0.3, -0.25) is 0 Å². The number of nitriles is 1. The average molecular weight is 557 g/mol. The van der Waals surface area contributed by atoms with E-state index in [9.17, 15) is 5.26 Å². The van der Waals surface area contributed by atoms with Crippen LogP contribution >= 0.6 is 0 Å². The van der Waals surface area contributed by atoms with Crippen LogP contribution < -0.4 is 4.74 Å². The van der Waals surface area contributed by atoms with E-state index in [2.05, 4.69) is 109 Å². The molecule has 1 aromatic heterocycles. The van der Waals surface area contributed by atoms with E-state index < -0.39 is 0 Å². The summed E-state index contributed by atoms with van der Waals surface area (Å²) < 4.78 is 9.01. The number of benzene rings is 3. The smallest absolute Gasteiger partial charge is 0.128 e. The summed E-state index contributed by atoms with van der Waals surface area (Å²) >= 11 is 0. The third kappa shape index (κ3) is 3.35. The van der Waals surface area contributed by atoms with Crippen LogP contribution in [0.25, 0.3) is 34.5 Å². The Kier molecular flexibility index (Phi) is 5.10. The Labute approximate surface area is 252 Å². The highest BCUT2D eigenvalue weighted by Crippen LogP contribution is 2.55. The molecule has 4 aromatic rings. The van der Waals surface area contributed by atoms with Gasteiger partial charge in [0.1, 0.15) is 11.9 Å². The van der Waals surface area contributed by atoms with Crippen LogP contribution in [-0.4, -0.2) is 10.7 Å². The van der Waals surface area contributed by atoms with E-state index in [4.69, 9.17) is 4.74 Å². The highest BCUT2D eigenvalue weighted by atomic mass is 16.5. The SMILES string of the molecule is CC1(C)C2=CC3Oc4ccc(-c5c(C#N)cccc5-n5c6c(c7c5C=CCC7)CCC=C6)cc4C3C=C2c2ccccc21. The zero-order valence-electron chi connectivity index (χ0n) is 24.5.